The minimum absolute atomic E-state index is 0.0233. The molecule has 0 radical (unpaired) electrons. The lowest BCUT2D eigenvalue weighted by Gasteiger charge is -2.05. The van der Waals surface area contributed by atoms with Gasteiger partial charge in [0.05, 0.1) is 22.7 Å². The molecule has 0 atom stereocenters. The molecule has 0 aliphatic heterocycles. The average molecular weight is 297 g/mol. The first kappa shape index (κ1) is 13.7. The van der Waals surface area contributed by atoms with Crippen molar-refractivity contribution in [2.24, 2.45) is 0 Å². The number of pyridine rings is 2. The highest BCUT2D eigenvalue weighted by Crippen LogP contribution is 2.22. The third-order valence-electron chi connectivity index (χ3n) is 3.25. The summed E-state index contributed by atoms with van der Waals surface area (Å²) in [7, 11) is 0. The van der Waals surface area contributed by atoms with Crippen LogP contribution in [0.4, 0.5) is 5.82 Å². The van der Waals surface area contributed by atoms with Crippen molar-refractivity contribution in [1.29, 1.82) is 0 Å². The first-order chi connectivity index (χ1) is 10.4. The van der Waals surface area contributed by atoms with E-state index in [4.69, 9.17) is 15.3 Å². The van der Waals surface area contributed by atoms with E-state index in [1.807, 2.05) is 0 Å². The molecule has 7 nitrogen and oxygen atoms in total. The summed E-state index contributed by atoms with van der Waals surface area (Å²) in [5.74, 6) is -1.47. The van der Waals surface area contributed by atoms with Crippen molar-refractivity contribution < 1.29 is 14.3 Å². The maximum atomic E-state index is 12.6. The first-order valence-electron chi connectivity index (χ1n) is 6.30. The molecule has 0 aromatic carbocycles. The van der Waals surface area contributed by atoms with Gasteiger partial charge in [0, 0.05) is 0 Å². The Hall–Kier alpha value is -3.22. The zero-order valence-electron chi connectivity index (χ0n) is 11.6. The number of carboxylic acid groups (broad SMARTS) is 1. The number of rotatable bonds is 2. The van der Waals surface area contributed by atoms with E-state index >= 15 is 0 Å². The van der Waals surface area contributed by atoms with Gasteiger partial charge in [-0.3, -0.25) is 9.78 Å². The molecule has 0 unspecified atom stereocenters. The van der Waals surface area contributed by atoms with E-state index in [9.17, 15) is 9.59 Å². The summed E-state index contributed by atoms with van der Waals surface area (Å²) in [6, 6.07) is 2.73. The number of anilines is 1. The van der Waals surface area contributed by atoms with E-state index in [1.165, 1.54) is 12.3 Å². The highest BCUT2D eigenvalue weighted by Gasteiger charge is 2.16. The Kier molecular flexibility index (Phi) is 2.91. The summed E-state index contributed by atoms with van der Waals surface area (Å²) in [5.41, 5.74) is 6.41. The van der Waals surface area contributed by atoms with Gasteiger partial charge in [0.25, 0.3) is 0 Å². The van der Waals surface area contributed by atoms with E-state index < -0.39 is 11.4 Å². The maximum absolute atomic E-state index is 12.6. The molecular formula is C15H11N3O4. The van der Waals surface area contributed by atoms with Gasteiger partial charge < -0.3 is 15.3 Å². The highest BCUT2D eigenvalue weighted by atomic mass is 16.4. The Bertz CT molecular complexity index is 1020. The zero-order valence-corrected chi connectivity index (χ0v) is 11.6. The predicted molar refractivity (Wildman–Crippen MR) is 81.7 cm³/mol. The summed E-state index contributed by atoms with van der Waals surface area (Å²) in [6.45, 7) is 5.54. The lowest BCUT2D eigenvalue weighted by atomic mass is 10.1. The third kappa shape index (κ3) is 1.99. The first-order valence-corrected chi connectivity index (χ1v) is 6.30. The maximum Gasteiger partial charge on any atom is 0.339 e. The number of hydrogen-bond acceptors (Lipinski definition) is 6. The molecule has 0 amide bonds. The molecule has 3 aromatic heterocycles. The Labute approximate surface area is 123 Å². The van der Waals surface area contributed by atoms with E-state index in [0.29, 0.717) is 11.3 Å². The van der Waals surface area contributed by atoms with Crippen LogP contribution in [-0.4, -0.2) is 21.0 Å². The largest absolute Gasteiger partial charge is 0.478 e. The molecule has 22 heavy (non-hydrogen) atoms. The standard InChI is InChI=1S/C15H11N3O4/c1-6(2)10-4-7-11(5-17-10)22-14-8(12(7)19)3-9(15(20)21)13(16)18-14/h3-5H,1H2,2H3,(H2,16,18)(H,20,21). The number of fused-ring (bicyclic) bond motifs is 2. The summed E-state index contributed by atoms with van der Waals surface area (Å²) < 4.78 is 5.50. The van der Waals surface area contributed by atoms with Crippen LogP contribution >= 0.6 is 0 Å². The van der Waals surface area contributed by atoms with Crippen LogP contribution in [0.15, 0.2) is 34.1 Å². The Morgan fingerprint density at radius 1 is 1.36 bits per heavy atom. The SMILES string of the molecule is C=C(C)c1cc2c(=O)c3cc(C(=O)O)c(N)nc3oc2cn1. The number of aromatic nitrogens is 2. The van der Waals surface area contributed by atoms with Crippen LogP contribution in [0.5, 0.6) is 0 Å². The Morgan fingerprint density at radius 3 is 2.73 bits per heavy atom. The quantitative estimate of drug-likeness (QED) is 0.694. The van der Waals surface area contributed by atoms with Crippen LogP contribution in [0.3, 0.4) is 0 Å². The van der Waals surface area contributed by atoms with Crippen molar-refractivity contribution in [1.82, 2.24) is 9.97 Å². The molecule has 0 saturated heterocycles. The van der Waals surface area contributed by atoms with Gasteiger partial charge in [0.1, 0.15) is 11.4 Å². The third-order valence-corrected chi connectivity index (χ3v) is 3.25. The molecule has 0 spiro atoms. The lowest BCUT2D eigenvalue weighted by molar-refractivity contribution is 0.0698. The van der Waals surface area contributed by atoms with Crippen LogP contribution in [0, 0.1) is 0 Å². The predicted octanol–water partition coefficient (Wildman–Crippen LogP) is 2.05. The van der Waals surface area contributed by atoms with Gasteiger partial charge in [-0.15, -0.1) is 0 Å². The number of allylic oxidation sites excluding steroid dienone is 1. The fraction of sp³-hybridized carbons (Fsp3) is 0.0667. The summed E-state index contributed by atoms with van der Waals surface area (Å²) in [6.07, 6.45) is 1.41. The number of nitrogen functional groups attached to an aromatic ring is 1. The van der Waals surface area contributed by atoms with Crippen molar-refractivity contribution in [2.75, 3.05) is 5.73 Å². The van der Waals surface area contributed by atoms with Gasteiger partial charge >= 0.3 is 5.97 Å². The second-order valence-corrected chi connectivity index (χ2v) is 4.86. The van der Waals surface area contributed by atoms with Crippen molar-refractivity contribution >= 4 is 39.4 Å². The lowest BCUT2D eigenvalue weighted by Crippen LogP contribution is -2.10. The molecule has 3 heterocycles. The fourth-order valence-corrected chi connectivity index (χ4v) is 2.11. The van der Waals surface area contributed by atoms with E-state index in [-0.39, 0.29) is 33.5 Å². The van der Waals surface area contributed by atoms with Crippen molar-refractivity contribution in [3.63, 3.8) is 0 Å². The summed E-state index contributed by atoms with van der Waals surface area (Å²) >= 11 is 0. The van der Waals surface area contributed by atoms with Crippen LogP contribution in [0.25, 0.3) is 27.6 Å². The van der Waals surface area contributed by atoms with Crippen LogP contribution in [-0.2, 0) is 0 Å². The van der Waals surface area contributed by atoms with Gasteiger partial charge in [0.2, 0.25) is 11.1 Å². The van der Waals surface area contributed by atoms with Crippen LogP contribution in [0.1, 0.15) is 23.0 Å². The van der Waals surface area contributed by atoms with E-state index in [2.05, 4.69) is 16.5 Å². The zero-order chi connectivity index (χ0) is 16.0. The van der Waals surface area contributed by atoms with Gasteiger partial charge in [0.15, 0.2) is 5.58 Å². The van der Waals surface area contributed by atoms with Crippen LogP contribution < -0.4 is 11.2 Å². The van der Waals surface area contributed by atoms with E-state index in [1.54, 1.807) is 13.0 Å². The van der Waals surface area contributed by atoms with Gasteiger partial charge in [-0.1, -0.05) is 6.58 Å². The molecule has 0 fully saturated rings. The molecule has 3 N–H and O–H groups in total. The molecule has 0 aliphatic rings. The normalized spacial score (nSPS) is 11.0. The molecule has 0 saturated carbocycles. The Morgan fingerprint density at radius 2 is 2.09 bits per heavy atom. The van der Waals surface area contributed by atoms with Crippen molar-refractivity contribution in [3.8, 4) is 0 Å². The molecular weight excluding hydrogens is 286 g/mol. The molecule has 3 aromatic rings. The van der Waals surface area contributed by atoms with Gasteiger partial charge in [-0.05, 0) is 24.6 Å². The van der Waals surface area contributed by atoms with Gasteiger partial charge in [-0.25, -0.2) is 4.79 Å². The minimum Gasteiger partial charge on any atom is -0.478 e. The number of hydrogen-bond donors (Lipinski definition) is 2. The minimum atomic E-state index is -1.26. The number of carbonyl (C=O) groups is 1. The summed E-state index contributed by atoms with van der Waals surface area (Å²) in [4.78, 5) is 31.7. The van der Waals surface area contributed by atoms with Crippen molar-refractivity contribution in [2.45, 2.75) is 6.92 Å². The monoisotopic (exact) mass is 297 g/mol. The molecule has 110 valence electrons. The topological polar surface area (TPSA) is 119 Å². The van der Waals surface area contributed by atoms with Gasteiger partial charge in [-0.2, -0.15) is 4.98 Å². The van der Waals surface area contributed by atoms with E-state index in [0.717, 1.165) is 0 Å². The number of carboxylic acids is 1. The fourth-order valence-electron chi connectivity index (χ4n) is 2.11. The highest BCUT2D eigenvalue weighted by molar-refractivity contribution is 5.98. The molecule has 0 aliphatic carbocycles. The number of nitrogens with two attached hydrogens (primary N) is 1. The van der Waals surface area contributed by atoms with Crippen LogP contribution in [0.2, 0.25) is 0 Å². The second kappa shape index (κ2) is 4.66. The molecule has 7 heteroatoms. The molecule has 0 bridgehead atoms. The smallest absolute Gasteiger partial charge is 0.339 e. The second-order valence-electron chi connectivity index (χ2n) is 4.86. The number of nitrogens with zero attached hydrogens (tertiary/aromatic N) is 2. The number of aromatic carboxylic acids is 1. The average Bonchev–Trinajstić information content (AvgIpc) is 2.46. The summed E-state index contributed by atoms with van der Waals surface area (Å²) in [5, 5.41) is 9.41. The Balaban J connectivity index is 2.45. The molecule has 3 rings (SSSR count). The van der Waals surface area contributed by atoms with Crippen molar-refractivity contribution in [3.05, 3.63) is 46.4 Å².